The lowest BCUT2D eigenvalue weighted by atomic mass is 10.1. The van der Waals surface area contributed by atoms with E-state index in [2.05, 4.69) is 30.6 Å². The third kappa shape index (κ3) is 4.04. The molecule has 2 rings (SSSR count). The molecule has 1 aromatic rings. The summed E-state index contributed by atoms with van der Waals surface area (Å²) in [6, 6.07) is 5.10. The number of rotatable bonds is 2. The Hall–Kier alpha value is -1.41. The SMILES string of the molecule is CC1CN(Cc2ccc(F)c(C#CCN)c2)CC(C)O1. The largest absolute Gasteiger partial charge is 0.373 e. The van der Waals surface area contributed by atoms with Crippen LogP contribution < -0.4 is 5.73 Å². The first kappa shape index (κ1) is 15.0. The topological polar surface area (TPSA) is 38.5 Å². The van der Waals surface area contributed by atoms with Gasteiger partial charge in [-0.05, 0) is 31.5 Å². The van der Waals surface area contributed by atoms with Crippen LogP contribution in [-0.2, 0) is 11.3 Å². The van der Waals surface area contributed by atoms with Crippen molar-refractivity contribution in [3.05, 3.63) is 35.1 Å². The second-order valence-electron chi connectivity index (χ2n) is 5.27. The Labute approximate surface area is 119 Å². The van der Waals surface area contributed by atoms with E-state index in [1.165, 1.54) is 6.07 Å². The molecule has 0 spiro atoms. The summed E-state index contributed by atoms with van der Waals surface area (Å²) in [6.45, 7) is 6.96. The van der Waals surface area contributed by atoms with Gasteiger partial charge in [-0.25, -0.2) is 4.39 Å². The quantitative estimate of drug-likeness (QED) is 0.836. The molecule has 0 aliphatic carbocycles. The monoisotopic (exact) mass is 276 g/mol. The number of hydrogen-bond donors (Lipinski definition) is 1. The maximum Gasteiger partial charge on any atom is 0.138 e. The van der Waals surface area contributed by atoms with Gasteiger partial charge >= 0.3 is 0 Å². The first-order chi connectivity index (χ1) is 9.58. The summed E-state index contributed by atoms with van der Waals surface area (Å²) in [5, 5.41) is 0. The van der Waals surface area contributed by atoms with E-state index in [0.29, 0.717) is 5.56 Å². The van der Waals surface area contributed by atoms with E-state index < -0.39 is 0 Å². The summed E-state index contributed by atoms with van der Waals surface area (Å²) in [6.07, 6.45) is 0.464. The van der Waals surface area contributed by atoms with Gasteiger partial charge in [0, 0.05) is 19.6 Å². The molecule has 0 amide bonds. The summed E-state index contributed by atoms with van der Waals surface area (Å²) < 4.78 is 19.3. The van der Waals surface area contributed by atoms with Crippen LogP contribution in [-0.4, -0.2) is 36.7 Å². The molecule has 2 atom stereocenters. The van der Waals surface area contributed by atoms with Crippen LogP contribution in [0.5, 0.6) is 0 Å². The Morgan fingerprint density at radius 3 is 2.70 bits per heavy atom. The highest BCUT2D eigenvalue weighted by atomic mass is 19.1. The van der Waals surface area contributed by atoms with Crippen molar-refractivity contribution in [1.82, 2.24) is 4.90 Å². The lowest BCUT2D eigenvalue weighted by Crippen LogP contribution is -2.44. The number of halogens is 1. The Bertz CT molecular complexity index is 511. The molecule has 1 fully saturated rings. The minimum atomic E-state index is -0.293. The van der Waals surface area contributed by atoms with Crippen LogP contribution in [0, 0.1) is 17.7 Å². The molecule has 1 aromatic carbocycles. The molecule has 0 radical (unpaired) electrons. The number of nitrogens with zero attached hydrogens (tertiary/aromatic N) is 1. The molecule has 4 heteroatoms. The predicted molar refractivity (Wildman–Crippen MR) is 77.6 cm³/mol. The van der Waals surface area contributed by atoms with Crippen molar-refractivity contribution in [2.45, 2.75) is 32.6 Å². The fraction of sp³-hybridized carbons (Fsp3) is 0.500. The van der Waals surface area contributed by atoms with Gasteiger partial charge in [-0.15, -0.1) is 0 Å². The van der Waals surface area contributed by atoms with Gasteiger partial charge in [0.15, 0.2) is 0 Å². The Balaban J connectivity index is 2.09. The Kier molecular flexibility index (Phi) is 5.13. The van der Waals surface area contributed by atoms with Gasteiger partial charge in [-0.3, -0.25) is 4.90 Å². The zero-order chi connectivity index (χ0) is 14.5. The highest BCUT2D eigenvalue weighted by Crippen LogP contribution is 2.16. The van der Waals surface area contributed by atoms with Crippen LogP contribution in [0.3, 0.4) is 0 Å². The van der Waals surface area contributed by atoms with E-state index in [-0.39, 0.29) is 24.6 Å². The van der Waals surface area contributed by atoms with Crippen LogP contribution >= 0.6 is 0 Å². The lowest BCUT2D eigenvalue weighted by molar-refractivity contribution is -0.0704. The third-order valence-corrected chi connectivity index (χ3v) is 3.26. The summed E-state index contributed by atoms with van der Waals surface area (Å²) >= 11 is 0. The van der Waals surface area contributed by atoms with E-state index in [9.17, 15) is 4.39 Å². The van der Waals surface area contributed by atoms with Crippen LogP contribution in [0.15, 0.2) is 18.2 Å². The van der Waals surface area contributed by atoms with E-state index in [4.69, 9.17) is 10.5 Å². The van der Waals surface area contributed by atoms with Gasteiger partial charge < -0.3 is 10.5 Å². The molecular formula is C16H21FN2O. The molecule has 0 aromatic heterocycles. The zero-order valence-electron chi connectivity index (χ0n) is 12.0. The number of benzene rings is 1. The second kappa shape index (κ2) is 6.85. The molecule has 0 bridgehead atoms. The van der Waals surface area contributed by atoms with Crippen molar-refractivity contribution in [3.8, 4) is 11.8 Å². The van der Waals surface area contributed by atoms with Crippen molar-refractivity contribution in [3.63, 3.8) is 0 Å². The molecular weight excluding hydrogens is 255 g/mol. The van der Waals surface area contributed by atoms with Crippen molar-refractivity contribution in [2.75, 3.05) is 19.6 Å². The molecule has 0 saturated carbocycles. The number of hydrogen-bond acceptors (Lipinski definition) is 3. The van der Waals surface area contributed by atoms with Crippen molar-refractivity contribution >= 4 is 0 Å². The Morgan fingerprint density at radius 1 is 1.35 bits per heavy atom. The highest BCUT2D eigenvalue weighted by Gasteiger charge is 2.22. The van der Waals surface area contributed by atoms with E-state index in [1.807, 2.05) is 12.1 Å². The van der Waals surface area contributed by atoms with Crippen LogP contribution in [0.1, 0.15) is 25.0 Å². The molecule has 3 nitrogen and oxygen atoms in total. The van der Waals surface area contributed by atoms with Gasteiger partial charge in [0.1, 0.15) is 5.82 Å². The van der Waals surface area contributed by atoms with Crippen molar-refractivity contribution in [1.29, 1.82) is 0 Å². The molecule has 1 saturated heterocycles. The maximum atomic E-state index is 13.6. The number of morpholine rings is 1. The van der Waals surface area contributed by atoms with Gasteiger partial charge in [0.25, 0.3) is 0 Å². The van der Waals surface area contributed by atoms with E-state index >= 15 is 0 Å². The standard InChI is InChI=1S/C16H21FN2O/c1-12-9-19(10-13(2)20-12)11-14-5-6-16(17)15(8-14)4-3-7-18/h5-6,8,12-13H,7,9-11,18H2,1-2H3. The normalized spacial score (nSPS) is 23.2. The average molecular weight is 276 g/mol. The average Bonchev–Trinajstić information content (AvgIpc) is 2.38. The summed E-state index contributed by atoms with van der Waals surface area (Å²) in [5.74, 6) is 5.18. The van der Waals surface area contributed by atoms with Gasteiger partial charge in [-0.1, -0.05) is 17.9 Å². The summed E-state index contributed by atoms with van der Waals surface area (Å²) in [5.41, 5.74) is 6.81. The summed E-state index contributed by atoms with van der Waals surface area (Å²) in [7, 11) is 0. The van der Waals surface area contributed by atoms with Crippen molar-refractivity contribution in [2.24, 2.45) is 5.73 Å². The third-order valence-electron chi connectivity index (χ3n) is 3.26. The number of nitrogens with two attached hydrogens (primary N) is 1. The minimum Gasteiger partial charge on any atom is -0.373 e. The van der Waals surface area contributed by atoms with Gasteiger partial charge in [0.05, 0.1) is 24.3 Å². The smallest absolute Gasteiger partial charge is 0.138 e. The molecule has 2 unspecified atom stereocenters. The molecule has 1 aliphatic rings. The first-order valence-corrected chi connectivity index (χ1v) is 6.93. The van der Waals surface area contributed by atoms with Crippen molar-refractivity contribution < 1.29 is 9.13 Å². The maximum absolute atomic E-state index is 13.6. The van der Waals surface area contributed by atoms with E-state index in [1.54, 1.807) is 0 Å². The van der Waals surface area contributed by atoms with Crippen LogP contribution in [0.4, 0.5) is 4.39 Å². The fourth-order valence-electron chi connectivity index (χ4n) is 2.58. The lowest BCUT2D eigenvalue weighted by Gasteiger charge is -2.35. The van der Waals surface area contributed by atoms with E-state index in [0.717, 1.165) is 25.2 Å². The zero-order valence-corrected chi connectivity index (χ0v) is 12.0. The molecule has 2 N–H and O–H groups in total. The highest BCUT2D eigenvalue weighted by molar-refractivity contribution is 5.38. The first-order valence-electron chi connectivity index (χ1n) is 6.93. The Morgan fingerprint density at radius 2 is 2.05 bits per heavy atom. The van der Waals surface area contributed by atoms with Gasteiger partial charge in [0.2, 0.25) is 0 Å². The predicted octanol–water partition coefficient (Wildman–Crippen LogP) is 1.75. The fourth-order valence-corrected chi connectivity index (χ4v) is 2.58. The molecule has 20 heavy (non-hydrogen) atoms. The molecule has 1 heterocycles. The van der Waals surface area contributed by atoms with Crippen LogP contribution in [0.2, 0.25) is 0 Å². The summed E-state index contributed by atoms with van der Waals surface area (Å²) in [4.78, 5) is 2.33. The van der Waals surface area contributed by atoms with Gasteiger partial charge in [-0.2, -0.15) is 0 Å². The molecule has 108 valence electrons. The van der Waals surface area contributed by atoms with Crippen LogP contribution in [0.25, 0.3) is 0 Å². The second-order valence-corrected chi connectivity index (χ2v) is 5.27. The number of ether oxygens (including phenoxy) is 1. The minimum absolute atomic E-state index is 0.232. The molecule has 1 aliphatic heterocycles.